The van der Waals surface area contributed by atoms with Gasteiger partial charge in [-0.2, -0.15) is 11.8 Å². The van der Waals surface area contributed by atoms with Gasteiger partial charge in [-0.05, 0) is 31.6 Å². The molecular weight excluding hydrogens is 265 g/mol. The molecule has 0 aromatic carbocycles. The summed E-state index contributed by atoms with van der Waals surface area (Å²) in [7, 11) is 0. The van der Waals surface area contributed by atoms with Crippen molar-refractivity contribution in [1.29, 1.82) is 0 Å². The van der Waals surface area contributed by atoms with E-state index >= 15 is 0 Å². The van der Waals surface area contributed by atoms with Crippen LogP contribution >= 0.6 is 11.8 Å². The van der Waals surface area contributed by atoms with Gasteiger partial charge in [-0.1, -0.05) is 0 Å². The third-order valence-electron chi connectivity index (χ3n) is 2.97. The van der Waals surface area contributed by atoms with Crippen LogP contribution in [-0.2, 0) is 0 Å². The highest BCUT2D eigenvalue weighted by molar-refractivity contribution is 7.99. The minimum Gasteiger partial charge on any atom is -0.368 e. The Morgan fingerprint density at radius 2 is 2.47 bits per heavy atom. The maximum Gasteiger partial charge on any atom is 0.254 e. The van der Waals surface area contributed by atoms with Crippen molar-refractivity contribution >= 4 is 23.5 Å². The number of nitrogens with one attached hydrogen (secondary N) is 2. The first kappa shape index (κ1) is 14.1. The third kappa shape index (κ3) is 3.59. The first-order chi connectivity index (χ1) is 9.22. The molecule has 0 saturated carbocycles. The molecule has 2 rings (SSSR count). The second-order valence-corrected chi connectivity index (χ2v) is 5.59. The number of hydrogen-bond donors (Lipinski definition) is 2. The van der Waals surface area contributed by atoms with Gasteiger partial charge in [0.2, 0.25) is 0 Å². The van der Waals surface area contributed by atoms with E-state index in [0.29, 0.717) is 6.54 Å². The Morgan fingerprint density at radius 3 is 3.16 bits per heavy atom. The van der Waals surface area contributed by atoms with E-state index in [2.05, 4.69) is 15.6 Å². The average Bonchev–Trinajstić information content (AvgIpc) is 2.42. The van der Waals surface area contributed by atoms with Gasteiger partial charge in [0.15, 0.2) is 11.6 Å². The lowest BCUT2D eigenvalue weighted by Gasteiger charge is -2.22. The molecule has 0 bridgehead atoms. The number of pyridine rings is 1. The van der Waals surface area contributed by atoms with Crippen molar-refractivity contribution in [2.24, 2.45) is 0 Å². The lowest BCUT2D eigenvalue weighted by Crippen LogP contribution is -2.38. The molecule has 1 aliphatic heterocycles. The van der Waals surface area contributed by atoms with Crippen LogP contribution in [0, 0.1) is 5.82 Å². The summed E-state index contributed by atoms with van der Waals surface area (Å²) < 4.78 is 14.1. The van der Waals surface area contributed by atoms with Crippen LogP contribution < -0.4 is 10.6 Å². The van der Waals surface area contributed by atoms with Crippen molar-refractivity contribution in [2.45, 2.75) is 25.8 Å². The standard InChI is InChI=1S/C13H18FN3OS/c1-2-15-12-11(14)10(5-6-16-12)13(18)17-9-4-3-7-19-8-9/h5-6,9H,2-4,7-8H2,1H3,(H,15,16)(H,17,18). The molecule has 1 saturated heterocycles. The Kier molecular flexibility index (Phi) is 5.01. The lowest BCUT2D eigenvalue weighted by atomic mass is 10.1. The van der Waals surface area contributed by atoms with Crippen LogP contribution in [-0.4, -0.2) is 35.0 Å². The van der Waals surface area contributed by atoms with Gasteiger partial charge in [-0.25, -0.2) is 9.37 Å². The van der Waals surface area contributed by atoms with E-state index in [4.69, 9.17) is 0 Å². The maximum absolute atomic E-state index is 14.1. The van der Waals surface area contributed by atoms with Crippen LogP contribution in [0.5, 0.6) is 0 Å². The number of anilines is 1. The molecule has 1 aromatic heterocycles. The Balaban J connectivity index is 2.07. The van der Waals surface area contributed by atoms with Gasteiger partial charge in [0.25, 0.3) is 5.91 Å². The molecule has 1 aromatic rings. The first-order valence-electron chi connectivity index (χ1n) is 6.49. The van der Waals surface area contributed by atoms with Crippen LogP contribution in [0.15, 0.2) is 12.3 Å². The smallest absolute Gasteiger partial charge is 0.254 e. The van der Waals surface area contributed by atoms with Crippen molar-refractivity contribution in [1.82, 2.24) is 10.3 Å². The summed E-state index contributed by atoms with van der Waals surface area (Å²) in [5.41, 5.74) is 0.0570. The number of amides is 1. The van der Waals surface area contributed by atoms with Crippen LogP contribution in [0.25, 0.3) is 0 Å². The second-order valence-electron chi connectivity index (χ2n) is 4.44. The Labute approximate surface area is 116 Å². The number of carbonyl (C=O) groups excluding carboxylic acids is 1. The Hall–Kier alpha value is -1.30. The van der Waals surface area contributed by atoms with Gasteiger partial charge < -0.3 is 10.6 Å². The number of hydrogen-bond acceptors (Lipinski definition) is 4. The molecule has 1 aliphatic rings. The van der Waals surface area contributed by atoms with Crippen molar-refractivity contribution < 1.29 is 9.18 Å². The molecule has 1 fully saturated rings. The van der Waals surface area contributed by atoms with E-state index < -0.39 is 5.82 Å². The summed E-state index contributed by atoms with van der Waals surface area (Å²) in [4.78, 5) is 16.0. The van der Waals surface area contributed by atoms with Crippen LogP contribution in [0.1, 0.15) is 30.1 Å². The topological polar surface area (TPSA) is 54.0 Å². The zero-order valence-corrected chi connectivity index (χ0v) is 11.7. The molecule has 1 atom stereocenters. The lowest BCUT2D eigenvalue weighted by molar-refractivity contribution is 0.0934. The zero-order chi connectivity index (χ0) is 13.7. The molecule has 4 nitrogen and oxygen atoms in total. The molecule has 0 radical (unpaired) electrons. The van der Waals surface area contributed by atoms with Crippen molar-refractivity contribution in [3.05, 3.63) is 23.6 Å². The van der Waals surface area contributed by atoms with E-state index in [0.717, 1.165) is 24.3 Å². The van der Waals surface area contributed by atoms with Crippen LogP contribution in [0.4, 0.5) is 10.2 Å². The van der Waals surface area contributed by atoms with Crippen molar-refractivity contribution in [3.8, 4) is 0 Å². The summed E-state index contributed by atoms with van der Waals surface area (Å²) in [6.07, 6.45) is 3.51. The number of carbonyl (C=O) groups is 1. The van der Waals surface area contributed by atoms with E-state index in [1.807, 2.05) is 18.7 Å². The molecule has 1 amide bonds. The van der Waals surface area contributed by atoms with Gasteiger partial charge in [0, 0.05) is 24.5 Å². The first-order valence-corrected chi connectivity index (χ1v) is 7.64. The number of halogens is 1. The fourth-order valence-electron chi connectivity index (χ4n) is 2.03. The van der Waals surface area contributed by atoms with Gasteiger partial charge in [-0.3, -0.25) is 4.79 Å². The summed E-state index contributed by atoms with van der Waals surface area (Å²) in [5, 5.41) is 5.69. The number of rotatable bonds is 4. The molecule has 0 aliphatic carbocycles. The SMILES string of the molecule is CCNc1nccc(C(=O)NC2CCCSC2)c1F. The van der Waals surface area contributed by atoms with E-state index in [-0.39, 0.29) is 23.3 Å². The van der Waals surface area contributed by atoms with Gasteiger partial charge in [0.05, 0.1) is 5.56 Å². The average molecular weight is 283 g/mol. The zero-order valence-electron chi connectivity index (χ0n) is 10.9. The molecule has 6 heteroatoms. The molecule has 2 N–H and O–H groups in total. The van der Waals surface area contributed by atoms with Gasteiger partial charge in [0.1, 0.15) is 0 Å². The maximum atomic E-state index is 14.1. The Bertz CT molecular complexity index is 450. The minimum atomic E-state index is -0.578. The Morgan fingerprint density at radius 1 is 1.63 bits per heavy atom. The summed E-state index contributed by atoms with van der Waals surface area (Å²) in [6, 6.07) is 1.56. The molecule has 2 heterocycles. The predicted molar refractivity (Wildman–Crippen MR) is 76.2 cm³/mol. The van der Waals surface area contributed by atoms with Crippen LogP contribution in [0.3, 0.4) is 0 Å². The highest BCUT2D eigenvalue weighted by Gasteiger charge is 2.20. The third-order valence-corrected chi connectivity index (χ3v) is 4.19. The van der Waals surface area contributed by atoms with Gasteiger partial charge >= 0.3 is 0 Å². The molecule has 19 heavy (non-hydrogen) atoms. The number of aromatic nitrogens is 1. The van der Waals surface area contributed by atoms with Crippen molar-refractivity contribution in [2.75, 3.05) is 23.4 Å². The highest BCUT2D eigenvalue weighted by atomic mass is 32.2. The highest BCUT2D eigenvalue weighted by Crippen LogP contribution is 2.19. The fourth-order valence-corrected chi connectivity index (χ4v) is 3.10. The summed E-state index contributed by atoms with van der Waals surface area (Å²) in [6.45, 7) is 2.42. The van der Waals surface area contributed by atoms with E-state index in [1.54, 1.807) is 0 Å². The number of thioether (sulfide) groups is 1. The van der Waals surface area contributed by atoms with E-state index in [9.17, 15) is 9.18 Å². The largest absolute Gasteiger partial charge is 0.368 e. The summed E-state index contributed by atoms with van der Waals surface area (Å²) >= 11 is 1.82. The molecule has 0 spiro atoms. The second kappa shape index (κ2) is 6.75. The summed E-state index contributed by atoms with van der Waals surface area (Å²) in [5.74, 6) is 1.24. The molecular formula is C13H18FN3OS. The molecule has 104 valence electrons. The number of nitrogens with zero attached hydrogens (tertiary/aromatic N) is 1. The van der Waals surface area contributed by atoms with Crippen molar-refractivity contribution in [3.63, 3.8) is 0 Å². The van der Waals surface area contributed by atoms with E-state index in [1.165, 1.54) is 12.3 Å². The fraction of sp³-hybridized carbons (Fsp3) is 0.538. The quantitative estimate of drug-likeness (QED) is 0.890. The van der Waals surface area contributed by atoms with Gasteiger partial charge in [-0.15, -0.1) is 0 Å². The van der Waals surface area contributed by atoms with Crippen LogP contribution in [0.2, 0.25) is 0 Å². The minimum absolute atomic E-state index is 0.0570. The molecule has 1 unspecified atom stereocenters. The monoisotopic (exact) mass is 283 g/mol. The predicted octanol–water partition coefficient (Wildman–Crippen LogP) is 2.28. The normalized spacial score (nSPS) is 18.9.